The third-order valence-corrected chi connectivity index (χ3v) is 4.41. The van der Waals surface area contributed by atoms with Gasteiger partial charge in [-0.05, 0) is 44.3 Å². The SMILES string of the molecule is CC(C)c1nsc(CN2CCCC[C@@H]2C[C@H](C)O)n1. The van der Waals surface area contributed by atoms with Crippen LogP contribution in [-0.4, -0.2) is 38.1 Å². The van der Waals surface area contributed by atoms with Crippen molar-refractivity contribution in [3.63, 3.8) is 0 Å². The summed E-state index contributed by atoms with van der Waals surface area (Å²) in [5.74, 6) is 1.36. The second-order valence-electron chi connectivity index (χ2n) is 5.91. The second-order valence-corrected chi connectivity index (χ2v) is 6.74. The molecule has 0 saturated carbocycles. The minimum Gasteiger partial charge on any atom is -0.393 e. The van der Waals surface area contributed by atoms with Gasteiger partial charge in [0.2, 0.25) is 0 Å². The van der Waals surface area contributed by atoms with E-state index in [2.05, 4.69) is 28.1 Å². The molecule has 0 amide bonds. The van der Waals surface area contributed by atoms with E-state index < -0.39 is 0 Å². The lowest BCUT2D eigenvalue weighted by molar-refractivity contribution is 0.0817. The van der Waals surface area contributed by atoms with Gasteiger partial charge in [0.25, 0.3) is 0 Å². The predicted molar refractivity (Wildman–Crippen MR) is 78.3 cm³/mol. The van der Waals surface area contributed by atoms with Gasteiger partial charge in [-0.15, -0.1) is 0 Å². The number of hydrogen-bond acceptors (Lipinski definition) is 5. The van der Waals surface area contributed by atoms with E-state index in [1.165, 1.54) is 30.8 Å². The van der Waals surface area contributed by atoms with Crippen molar-refractivity contribution in [2.24, 2.45) is 0 Å². The zero-order valence-electron chi connectivity index (χ0n) is 12.2. The third-order valence-electron chi connectivity index (χ3n) is 3.70. The maximum atomic E-state index is 9.61. The standard InChI is InChI=1S/C14H25N3OS/c1-10(2)14-15-13(19-16-14)9-17-7-5-4-6-12(17)8-11(3)18/h10-12,18H,4-9H2,1-3H3/t11-,12+/m0/s1. The van der Waals surface area contributed by atoms with Crippen LogP contribution in [0.4, 0.5) is 0 Å². The van der Waals surface area contributed by atoms with Gasteiger partial charge in [-0.25, -0.2) is 4.98 Å². The summed E-state index contributed by atoms with van der Waals surface area (Å²) >= 11 is 1.53. The molecule has 2 rings (SSSR count). The summed E-state index contributed by atoms with van der Waals surface area (Å²) in [6.07, 6.45) is 4.38. The van der Waals surface area contributed by atoms with E-state index in [1.807, 2.05) is 6.92 Å². The highest BCUT2D eigenvalue weighted by atomic mass is 32.1. The topological polar surface area (TPSA) is 49.2 Å². The van der Waals surface area contributed by atoms with E-state index in [1.54, 1.807) is 0 Å². The van der Waals surface area contributed by atoms with Crippen LogP contribution in [0.25, 0.3) is 0 Å². The first-order chi connectivity index (χ1) is 9.06. The number of aliphatic hydroxyl groups excluding tert-OH is 1. The van der Waals surface area contributed by atoms with Crippen molar-refractivity contribution in [2.45, 2.75) is 71.1 Å². The van der Waals surface area contributed by atoms with Gasteiger partial charge in [0.15, 0.2) is 0 Å². The van der Waals surface area contributed by atoms with E-state index in [9.17, 15) is 5.11 Å². The number of piperidine rings is 1. The largest absolute Gasteiger partial charge is 0.393 e. The van der Waals surface area contributed by atoms with Gasteiger partial charge in [-0.2, -0.15) is 4.37 Å². The molecular formula is C14H25N3OS. The maximum Gasteiger partial charge on any atom is 0.145 e. The molecule has 1 aliphatic rings. The summed E-state index contributed by atoms with van der Waals surface area (Å²) in [6.45, 7) is 8.15. The average Bonchev–Trinajstić information content (AvgIpc) is 2.80. The fraction of sp³-hybridized carbons (Fsp3) is 0.857. The lowest BCUT2D eigenvalue weighted by atomic mass is 9.97. The van der Waals surface area contributed by atoms with Gasteiger partial charge >= 0.3 is 0 Å². The summed E-state index contributed by atoms with van der Waals surface area (Å²) in [7, 11) is 0. The number of aromatic nitrogens is 2. The third kappa shape index (κ3) is 4.23. The Hall–Kier alpha value is -0.520. The van der Waals surface area contributed by atoms with Crippen molar-refractivity contribution in [3.05, 3.63) is 10.8 Å². The first-order valence-corrected chi connectivity index (χ1v) is 8.08. The molecule has 0 radical (unpaired) electrons. The monoisotopic (exact) mass is 283 g/mol. The van der Waals surface area contributed by atoms with Gasteiger partial charge in [0, 0.05) is 12.0 Å². The summed E-state index contributed by atoms with van der Waals surface area (Å²) in [6, 6.07) is 0.500. The summed E-state index contributed by atoms with van der Waals surface area (Å²) in [5.41, 5.74) is 0. The minimum atomic E-state index is -0.216. The van der Waals surface area contributed by atoms with Crippen molar-refractivity contribution in [3.8, 4) is 0 Å². The molecule has 1 saturated heterocycles. The number of aliphatic hydroxyl groups is 1. The summed E-state index contributed by atoms with van der Waals surface area (Å²) < 4.78 is 4.42. The van der Waals surface area contributed by atoms with Crippen molar-refractivity contribution in [1.82, 2.24) is 14.3 Å². The highest BCUT2D eigenvalue weighted by Gasteiger charge is 2.24. The van der Waals surface area contributed by atoms with Crippen LogP contribution in [0.1, 0.15) is 63.2 Å². The first-order valence-electron chi connectivity index (χ1n) is 7.31. The smallest absolute Gasteiger partial charge is 0.145 e. The molecule has 19 heavy (non-hydrogen) atoms. The Morgan fingerprint density at radius 2 is 2.16 bits per heavy atom. The van der Waals surface area contributed by atoms with Crippen molar-refractivity contribution in [2.75, 3.05) is 6.54 Å². The number of nitrogens with zero attached hydrogens (tertiary/aromatic N) is 3. The van der Waals surface area contributed by atoms with Gasteiger partial charge < -0.3 is 5.11 Å². The van der Waals surface area contributed by atoms with Crippen molar-refractivity contribution in [1.29, 1.82) is 0 Å². The Balaban J connectivity index is 1.98. The van der Waals surface area contributed by atoms with Crippen molar-refractivity contribution < 1.29 is 5.11 Å². The molecule has 2 atom stereocenters. The van der Waals surface area contributed by atoms with Crippen LogP contribution in [-0.2, 0) is 6.54 Å². The number of likely N-dealkylation sites (tertiary alicyclic amines) is 1. The summed E-state index contributed by atoms with van der Waals surface area (Å²) in [5, 5.41) is 10.7. The highest BCUT2D eigenvalue weighted by Crippen LogP contribution is 2.24. The Labute approximate surface area is 120 Å². The van der Waals surface area contributed by atoms with Gasteiger partial charge in [-0.3, -0.25) is 4.90 Å². The molecule has 1 fully saturated rings. The molecule has 0 aromatic carbocycles. The molecule has 108 valence electrons. The fourth-order valence-electron chi connectivity index (χ4n) is 2.67. The summed E-state index contributed by atoms with van der Waals surface area (Å²) in [4.78, 5) is 7.09. The molecule has 0 bridgehead atoms. The lowest BCUT2D eigenvalue weighted by Gasteiger charge is -2.35. The van der Waals surface area contributed by atoms with Gasteiger partial charge in [0.1, 0.15) is 10.8 Å². The number of hydrogen-bond donors (Lipinski definition) is 1. The van der Waals surface area contributed by atoms with E-state index in [0.717, 1.165) is 30.3 Å². The van der Waals surface area contributed by atoms with Crippen LogP contribution in [0.5, 0.6) is 0 Å². The number of rotatable bonds is 5. The first kappa shape index (κ1) is 14.9. The van der Waals surface area contributed by atoms with E-state index in [4.69, 9.17) is 0 Å². The highest BCUT2D eigenvalue weighted by molar-refractivity contribution is 7.05. The van der Waals surface area contributed by atoms with Crippen molar-refractivity contribution >= 4 is 11.5 Å². The average molecular weight is 283 g/mol. The quantitative estimate of drug-likeness (QED) is 0.903. The molecule has 1 aromatic rings. The van der Waals surface area contributed by atoms with Crippen LogP contribution >= 0.6 is 11.5 Å². The Kier molecular flexibility index (Phi) is 5.30. The van der Waals surface area contributed by atoms with Gasteiger partial charge in [-0.1, -0.05) is 20.3 Å². The van der Waals surface area contributed by atoms with E-state index in [-0.39, 0.29) is 6.10 Å². The molecule has 4 nitrogen and oxygen atoms in total. The van der Waals surface area contributed by atoms with E-state index in [0.29, 0.717) is 12.0 Å². The molecule has 1 aromatic heterocycles. The second kappa shape index (κ2) is 6.77. The molecule has 1 N–H and O–H groups in total. The predicted octanol–water partition coefficient (Wildman–Crippen LogP) is 2.79. The molecule has 0 aliphatic carbocycles. The van der Waals surface area contributed by atoms with Crippen LogP contribution in [0.3, 0.4) is 0 Å². The fourth-order valence-corrected chi connectivity index (χ4v) is 3.48. The van der Waals surface area contributed by atoms with Crippen LogP contribution in [0.15, 0.2) is 0 Å². The lowest BCUT2D eigenvalue weighted by Crippen LogP contribution is -2.40. The molecular weight excluding hydrogens is 258 g/mol. The molecule has 2 heterocycles. The van der Waals surface area contributed by atoms with Crippen LogP contribution < -0.4 is 0 Å². The molecule has 0 unspecified atom stereocenters. The zero-order valence-corrected chi connectivity index (χ0v) is 13.0. The maximum absolute atomic E-state index is 9.61. The Morgan fingerprint density at radius 1 is 1.37 bits per heavy atom. The van der Waals surface area contributed by atoms with E-state index >= 15 is 0 Å². The Bertz CT molecular complexity index is 392. The molecule has 0 spiro atoms. The molecule has 5 heteroatoms. The molecule has 1 aliphatic heterocycles. The Morgan fingerprint density at radius 3 is 2.79 bits per heavy atom. The minimum absolute atomic E-state index is 0.216. The zero-order chi connectivity index (χ0) is 13.8. The van der Waals surface area contributed by atoms with Crippen LogP contribution in [0.2, 0.25) is 0 Å². The van der Waals surface area contributed by atoms with Gasteiger partial charge in [0.05, 0.1) is 12.6 Å². The normalized spacial score (nSPS) is 22.9. The van der Waals surface area contributed by atoms with Crippen LogP contribution in [0, 0.1) is 0 Å².